The summed E-state index contributed by atoms with van der Waals surface area (Å²) in [6, 6.07) is 6.46. The van der Waals surface area contributed by atoms with Gasteiger partial charge in [0.25, 0.3) is 0 Å². The van der Waals surface area contributed by atoms with Crippen LogP contribution in [-0.4, -0.2) is 49.2 Å². The summed E-state index contributed by atoms with van der Waals surface area (Å²) in [7, 11) is 1.02. The SMILES string of the molecule is COc1cccc(CN(C)C(=O)[C@@H](C)NS(=O)(=O)c2c(C)nn(C)c2C)c1. The number of hydrogen-bond acceptors (Lipinski definition) is 5. The molecule has 1 N–H and O–H groups in total. The molecule has 1 amide bonds. The molecule has 148 valence electrons. The molecule has 1 atom stereocenters. The Morgan fingerprint density at radius 2 is 2.04 bits per heavy atom. The van der Waals surface area contributed by atoms with Crippen LogP contribution in [0, 0.1) is 13.8 Å². The van der Waals surface area contributed by atoms with E-state index >= 15 is 0 Å². The molecule has 0 saturated heterocycles. The molecule has 9 heteroatoms. The van der Waals surface area contributed by atoms with E-state index in [1.54, 1.807) is 35.1 Å². The number of nitrogens with one attached hydrogen (secondary N) is 1. The molecule has 1 aromatic carbocycles. The van der Waals surface area contributed by atoms with Crippen LogP contribution in [0.3, 0.4) is 0 Å². The quantitative estimate of drug-likeness (QED) is 0.766. The molecule has 0 bridgehead atoms. The van der Waals surface area contributed by atoms with Crippen molar-refractivity contribution in [2.24, 2.45) is 7.05 Å². The van der Waals surface area contributed by atoms with Crippen molar-refractivity contribution in [3.8, 4) is 5.75 Å². The molecule has 2 rings (SSSR count). The number of hydrogen-bond donors (Lipinski definition) is 1. The van der Waals surface area contributed by atoms with Crippen LogP contribution in [0.2, 0.25) is 0 Å². The van der Waals surface area contributed by atoms with E-state index in [4.69, 9.17) is 4.74 Å². The van der Waals surface area contributed by atoms with E-state index < -0.39 is 16.1 Å². The first-order valence-corrected chi connectivity index (χ1v) is 9.95. The second-order valence-corrected chi connectivity index (χ2v) is 8.16. The molecule has 1 heterocycles. The van der Waals surface area contributed by atoms with Crippen LogP contribution in [0.25, 0.3) is 0 Å². The molecule has 0 aliphatic rings. The van der Waals surface area contributed by atoms with E-state index in [1.807, 2.05) is 24.3 Å². The van der Waals surface area contributed by atoms with Gasteiger partial charge < -0.3 is 9.64 Å². The maximum atomic E-state index is 12.7. The van der Waals surface area contributed by atoms with Crippen molar-refractivity contribution in [2.45, 2.75) is 38.3 Å². The minimum Gasteiger partial charge on any atom is -0.497 e. The topological polar surface area (TPSA) is 93.5 Å². The highest BCUT2D eigenvalue weighted by Crippen LogP contribution is 2.19. The Labute approximate surface area is 160 Å². The zero-order chi connectivity index (χ0) is 20.4. The average molecular weight is 394 g/mol. The Morgan fingerprint density at radius 3 is 2.59 bits per heavy atom. The second kappa shape index (κ2) is 8.10. The Morgan fingerprint density at radius 1 is 1.37 bits per heavy atom. The molecule has 2 aromatic rings. The highest BCUT2D eigenvalue weighted by molar-refractivity contribution is 7.89. The number of sulfonamides is 1. The monoisotopic (exact) mass is 394 g/mol. The van der Waals surface area contributed by atoms with Crippen molar-refractivity contribution in [1.82, 2.24) is 19.4 Å². The average Bonchev–Trinajstić information content (AvgIpc) is 2.86. The van der Waals surface area contributed by atoms with E-state index in [0.717, 1.165) is 5.56 Å². The van der Waals surface area contributed by atoms with Gasteiger partial charge in [-0.3, -0.25) is 9.48 Å². The van der Waals surface area contributed by atoms with Gasteiger partial charge in [-0.05, 0) is 38.5 Å². The summed E-state index contributed by atoms with van der Waals surface area (Å²) in [5.41, 5.74) is 1.80. The van der Waals surface area contributed by atoms with Gasteiger partial charge in [0.05, 0.1) is 24.5 Å². The van der Waals surface area contributed by atoms with Gasteiger partial charge in [0, 0.05) is 20.6 Å². The number of nitrogens with zero attached hydrogens (tertiary/aromatic N) is 3. The molecule has 0 aliphatic carbocycles. The molecule has 0 spiro atoms. The number of likely N-dealkylation sites (N-methyl/N-ethyl adjacent to an activating group) is 1. The standard InChI is InChI=1S/C18H26N4O4S/c1-12-17(14(3)22(5)19-12)27(24,25)20-13(2)18(23)21(4)11-15-8-7-9-16(10-15)26-6/h7-10,13,20H,11H2,1-6H3/t13-/m1/s1. The van der Waals surface area contributed by atoms with Crippen molar-refractivity contribution in [3.05, 3.63) is 41.2 Å². The summed E-state index contributed by atoms with van der Waals surface area (Å²) in [6.45, 7) is 5.18. The van der Waals surface area contributed by atoms with Crippen LogP contribution < -0.4 is 9.46 Å². The van der Waals surface area contributed by atoms with E-state index in [-0.39, 0.29) is 10.8 Å². The number of aryl methyl sites for hydroxylation is 2. The van der Waals surface area contributed by atoms with Gasteiger partial charge in [-0.1, -0.05) is 12.1 Å². The van der Waals surface area contributed by atoms with Crippen LogP contribution in [-0.2, 0) is 28.4 Å². The molecule has 27 heavy (non-hydrogen) atoms. The summed E-state index contributed by atoms with van der Waals surface area (Å²) < 4.78 is 34.6. The maximum absolute atomic E-state index is 12.7. The van der Waals surface area contributed by atoms with Gasteiger partial charge >= 0.3 is 0 Å². The van der Waals surface area contributed by atoms with Crippen molar-refractivity contribution in [3.63, 3.8) is 0 Å². The zero-order valence-electron chi connectivity index (χ0n) is 16.5. The maximum Gasteiger partial charge on any atom is 0.244 e. The highest BCUT2D eigenvalue weighted by Gasteiger charge is 2.28. The van der Waals surface area contributed by atoms with Gasteiger partial charge in [0.1, 0.15) is 10.6 Å². The lowest BCUT2D eigenvalue weighted by Crippen LogP contribution is -2.45. The van der Waals surface area contributed by atoms with Gasteiger partial charge in [-0.15, -0.1) is 0 Å². The summed E-state index contributed by atoms with van der Waals surface area (Å²) >= 11 is 0. The Bertz CT molecular complexity index is 937. The molecule has 0 fully saturated rings. The van der Waals surface area contributed by atoms with E-state index in [0.29, 0.717) is 23.7 Å². The molecular formula is C18H26N4O4S. The van der Waals surface area contributed by atoms with Gasteiger partial charge in [0.15, 0.2) is 0 Å². The summed E-state index contributed by atoms with van der Waals surface area (Å²) in [6.07, 6.45) is 0. The van der Waals surface area contributed by atoms with Crippen molar-refractivity contribution < 1.29 is 17.9 Å². The first-order valence-electron chi connectivity index (χ1n) is 8.47. The summed E-state index contributed by atoms with van der Waals surface area (Å²) in [5, 5.41) is 4.13. The van der Waals surface area contributed by atoms with Gasteiger partial charge in [-0.25, -0.2) is 8.42 Å². The first kappa shape index (κ1) is 20.9. The lowest BCUT2D eigenvalue weighted by Gasteiger charge is -2.22. The van der Waals surface area contributed by atoms with Crippen molar-refractivity contribution >= 4 is 15.9 Å². The third kappa shape index (κ3) is 4.67. The number of carbonyl (C=O) groups is 1. The molecule has 1 aromatic heterocycles. The third-order valence-electron chi connectivity index (χ3n) is 4.34. The van der Waals surface area contributed by atoms with Crippen molar-refractivity contribution in [2.75, 3.05) is 14.2 Å². The molecule has 0 radical (unpaired) electrons. The predicted octanol–water partition coefficient (Wildman–Crippen LogP) is 1.37. The second-order valence-electron chi connectivity index (χ2n) is 6.51. The number of aromatic nitrogens is 2. The van der Waals surface area contributed by atoms with Crippen LogP contribution in [0.15, 0.2) is 29.2 Å². The first-order chi connectivity index (χ1) is 12.6. The lowest BCUT2D eigenvalue weighted by atomic mass is 10.2. The number of methoxy groups -OCH3 is 1. The lowest BCUT2D eigenvalue weighted by molar-refractivity contribution is -0.131. The molecule has 0 aliphatic heterocycles. The summed E-state index contributed by atoms with van der Waals surface area (Å²) in [5.74, 6) is 0.366. The minimum absolute atomic E-state index is 0.111. The Balaban J connectivity index is 2.12. The minimum atomic E-state index is -3.86. The number of benzene rings is 1. The fourth-order valence-corrected chi connectivity index (χ4v) is 4.57. The Hall–Kier alpha value is -2.39. The van der Waals surface area contributed by atoms with Crippen LogP contribution in [0.4, 0.5) is 0 Å². The molecule has 8 nitrogen and oxygen atoms in total. The number of amides is 1. The predicted molar refractivity (Wildman–Crippen MR) is 102 cm³/mol. The van der Waals surface area contributed by atoms with Gasteiger partial charge in [0.2, 0.25) is 15.9 Å². The van der Waals surface area contributed by atoms with Crippen LogP contribution >= 0.6 is 0 Å². The number of carbonyl (C=O) groups excluding carboxylic acids is 1. The summed E-state index contributed by atoms with van der Waals surface area (Å²) in [4.78, 5) is 14.2. The number of rotatable bonds is 7. The van der Waals surface area contributed by atoms with Crippen molar-refractivity contribution in [1.29, 1.82) is 0 Å². The molecular weight excluding hydrogens is 368 g/mol. The molecule has 0 unspecified atom stereocenters. The normalized spacial score (nSPS) is 12.7. The van der Waals surface area contributed by atoms with E-state index in [9.17, 15) is 13.2 Å². The fraction of sp³-hybridized carbons (Fsp3) is 0.444. The zero-order valence-corrected chi connectivity index (χ0v) is 17.3. The van der Waals surface area contributed by atoms with E-state index in [1.165, 1.54) is 16.5 Å². The third-order valence-corrected chi connectivity index (χ3v) is 6.14. The molecule has 0 saturated carbocycles. The smallest absolute Gasteiger partial charge is 0.244 e. The Kier molecular flexibility index (Phi) is 6.27. The highest BCUT2D eigenvalue weighted by atomic mass is 32.2. The fourth-order valence-electron chi connectivity index (χ4n) is 2.94. The largest absolute Gasteiger partial charge is 0.497 e. The van der Waals surface area contributed by atoms with Crippen LogP contribution in [0.5, 0.6) is 5.75 Å². The van der Waals surface area contributed by atoms with E-state index in [2.05, 4.69) is 9.82 Å². The number of ether oxygens (including phenoxy) is 1. The van der Waals surface area contributed by atoms with Gasteiger partial charge in [-0.2, -0.15) is 9.82 Å². The van der Waals surface area contributed by atoms with Crippen LogP contribution in [0.1, 0.15) is 23.9 Å².